The maximum atomic E-state index is 4.58. The molecule has 0 atom stereocenters. The Morgan fingerprint density at radius 3 is 1.36 bits per heavy atom. The largest absolute Gasteiger partial charge is 0.198 e. The SMILES string of the molecule is [CH2-]c1c(C2CCCC2)cc(C2CCCC2)cc1C1CCCC1. The summed E-state index contributed by atoms with van der Waals surface area (Å²) in [4.78, 5) is 0. The van der Waals surface area contributed by atoms with Gasteiger partial charge in [-0.25, -0.2) is 0 Å². The van der Waals surface area contributed by atoms with Crippen LogP contribution in [0.5, 0.6) is 0 Å². The molecule has 1 aromatic carbocycles. The molecule has 22 heavy (non-hydrogen) atoms. The Balaban J connectivity index is 1.74. The first-order chi connectivity index (χ1) is 10.8. The molecule has 0 heterocycles. The summed E-state index contributed by atoms with van der Waals surface area (Å²) in [6, 6.07) is 5.18. The van der Waals surface area contributed by atoms with Crippen molar-refractivity contribution in [2.45, 2.75) is 94.8 Å². The summed E-state index contributed by atoms with van der Waals surface area (Å²) >= 11 is 0. The van der Waals surface area contributed by atoms with Gasteiger partial charge >= 0.3 is 0 Å². The van der Waals surface area contributed by atoms with E-state index in [0.717, 1.165) is 17.8 Å². The molecule has 0 N–H and O–H groups in total. The normalized spacial score (nSPS) is 24.5. The van der Waals surface area contributed by atoms with Crippen LogP contribution in [-0.4, -0.2) is 0 Å². The van der Waals surface area contributed by atoms with Crippen molar-refractivity contribution in [3.8, 4) is 0 Å². The van der Waals surface area contributed by atoms with E-state index in [1.54, 1.807) is 16.7 Å². The lowest BCUT2D eigenvalue weighted by atomic mass is 9.81. The highest BCUT2D eigenvalue weighted by Gasteiger charge is 2.23. The summed E-state index contributed by atoms with van der Waals surface area (Å²) in [5.41, 5.74) is 6.39. The molecule has 120 valence electrons. The van der Waals surface area contributed by atoms with Gasteiger partial charge in [0, 0.05) is 0 Å². The molecule has 3 aliphatic carbocycles. The molecule has 0 bridgehead atoms. The third-order valence-electron chi connectivity index (χ3n) is 6.76. The van der Waals surface area contributed by atoms with E-state index in [0.29, 0.717) is 0 Å². The van der Waals surface area contributed by atoms with Crippen LogP contribution in [-0.2, 0) is 0 Å². The highest BCUT2D eigenvalue weighted by Crippen LogP contribution is 2.44. The zero-order valence-electron chi connectivity index (χ0n) is 14.1. The Labute approximate surface area is 136 Å². The van der Waals surface area contributed by atoms with Crippen molar-refractivity contribution in [1.29, 1.82) is 0 Å². The Kier molecular flexibility index (Phi) is 4.20. The van der Waals surface area contributed by atoms with E-state index in [-0.39, 0.29) is 0 Å². The predicted molar refractivity (Wildman–Crippen MR) is 94.5 cm³/mol. The Morgan fingerprint density at radius 1 is 0.591 bits per heavy atom. The van der Waals surface area contributed by atoms with Gasteiger partial charge < -0.3 is 0 Å². The fourth-order valence-corrected chi connectivity index (χ4v) is 5.44. The predicted octanol–water partition coefficient (Wildman–Crippen LogP) is 6.84. The smallest absolute Gasteiger partial charge is 0.0182 e. The first kappa shape index (κ1) is 14.7. The fourth-order valence-electron chi connectivity index (χ4n) is 5.44. The van der Waals surface area contributed by atoms with Gasteiger partial charge in [-0.2, -0.15) is 12.5 Å². The van der Waals surface area contributed by atoms with Crippen LogP contribution in [0.3, 0.4) is 0 Å². The van der Waals surface area contributed by atoms with Gasteiger partial charge in [-0.05, 0) is 18.8 Å². The standard InChI is InChI=1S/C22H31/c1-16-21(18-10-4-5-11-18)14-20(17-8-2-3-9-17)15-22(16)19-12-6-7-13-19/h14-15,17-19H,1-13H2/q-1. The molecule has 0 aromatic heterocycles. The molecule has 0 amide bonds. The molecule has 0 radical (unpaired) electrons. The van der Waals surface area contributed by atoms with Crippen LogP contribution >= 0.6 is 0 Å². The van der Waals surface area contributed by atoms with Crippen LogP contribution in [0.1, 0.15) is 117 Å². The number of hydrogen-bond acceptors (Lipinski definition) is 0. The molecule has 4 rings (SSSR count). The second-order valence-electron chi connectivity index (χ2n) is 8.12. The molecule has 0 nitrogen and oxygen atoms in total. The minimum atomic E-state index is 0.814. The summed E-state index contributed by atoms with van der Waals surface area (Å²) < 4.78 is 0. The van der Waals surface area contributed by atoms with Crippen LogP contribution in [0.25, 0.3) is 0 Å². The van der Waals surface area contributed by atoms with Crippen LogP contribution in [0.2, 0.25) is 0 Å². The molecule has 0 heteroatoms. The highest BCUT2D eigenvalue weighted by atomic mass is 14.3. The molecule has 0 aliphatic heterocycles. The molecule has 0 unspecified atom stereocenters. The summed E-state index contributed by atoms with van der Waals surface area (Å²) in [6.45, 7) is 4.58. The second kappa shape index (κ2) is 6.30. The van der Waals surface area contributed by atoms with E-state index < -0.39 is 0 Å². The molecular weight excluding hydrogens is 264 g/mol. The fraction of sp³-hybridized carbons (Fsp3) is 0.682. The van der Waals surface area contributed by atoms with Gasteiger partial charge in [0.05, 0.1) is 0 Å². The average molecular weight is 295 g/mol. The highest BCUT2D eigenvalue weighted by molar-refractivity contribution is 5.46. The summed E-state index contributed by atoms with van der Waals surface area (Å²) in [7, 11) is 0. The van der Waals surface area contributed by atoms with Gasteiger partial charge in [0.15, 0.2) is 0 Å². The lowest BCUT2D eigenvalue weighted by Crippen LogP contribution is -2.06. The maximum Gasteiger partial charge on any atom is -0.0182 e. The third-order valence-corrected chi connectivity index (χ3v) is 6.76. The van der Waals surface area contributed by atoms with Gasteiger partial charge in [0.2, 0.25) is 0 Å². The topological polar surface area (TPSA) is 0 Å². The van der Waals surface area contributed by atoms with Crippen molar-refractivity contribution >= 4 is 0 Å². The van der Waals surface area contributed by atoms with Gasteiger partial charge in [-0.15, -0.1) is 23.3 Å². The molecule has 3 aliphatic rings. The molecule has 0 spiro atoms. The minimum absolute atomic E-state index is 0.814. The van der Waals surface area contributed by atoms with Crippen molar-refractivity contribution < 1.29 is 0 Å². The molecule has 3 fully saturated rings. The number of rotatable bonds is 3. The molecular formula is C22H31-. The zero-order chi connectivity index (χ0) is 14.9. The Morgan fingerprint density at radius 2 is 0.955 bits per heavy atom. The van der Waals surface area contributed by atoms with Crippen molar-refractivity contribution in [2.24, 2.45) is 0 Å². The quantitative estimate of drug-likeness (QED) is 0.535. The lowest BCUT2D eigenvalue weighted by Gasteiger charge is -2.30. The minimum Gasteiger partial charge on any atom is -0.198 e. The maximum absolute atomic E-state index is 4.58. The zero-order valence-corrected chi connectivity index (χ0v) is 14.1. The van der Waals surface area contributed by atoms with Crippen LogP contribution in [0.15, 0.2) is 12.1 Å². The summed E-state index contributed by atoms with van der Waals surface area (Å²) in [5.74, 6) is 2.48. The Hall–Kier alpha value is -0.910. The van der Waals surface area contributed by atoms with Crippen LogP contribution in [0, 0.1) is 6.92 Å². The van der Waals surface area contributed by atoms with Gasteiger partial charge in [-0.3, -0.25) is 0 Å². The van der Waals surface area contributed by atoms with E-state index >= 15 is 0 Å². The van der Waals surface area contributed by atoms with E-state index in [2.05, 4.69) is 19.1 Å². The summed E-state index contributed by atoms with van der Waals surface area (Å²) in [6.07, 6.45) is 17.0. The van der Waals surface area contributed by atoms with Crippen LogP contribution in [0.4, 0.5) is 0 Å². The second-order valence-corrected chi connectivity index (χ2v) is 8.12. The van der Waals surface area contributed by atoms with Crippen molar-refractivity contribution in [1.82, 2.24) is 0 Å². The van der Waals surface area contributed by atoms with Crippen LogP contribution < -0.4 is 0 Å². The first-order valence-corrected chi connectivity index (χ1v) is 9.82. The summed E-state index contributed by atoms with van der Waals surface area (Å²) in [5, 5.41) is 0. The molecule has 3 saturated carbocycles. The lowest BCUT2D eigenvalue weighted by molar-refractivity contribution is 0.675. The van der Waals surface area contributed by atoms with Gasteiger partial charge in [0.25, 0.3) is 0 Å². The Bertz CT molecular complexity index is 472. The number of hydrogen-bond donors (Lipinski definition) is 0. The van der Waals surface area contributed by atoms with E-state index in [9.17, 15) is 0 Å². The van der Waals surface area contributed by atoms with Crippen molar-refractivity contribution in [3.05, 3.63) is 41.3 Å². The molecule has 1 aromatic rings. The third kappa shape index (κ3) is 2.70. The van der Waals surface area contributed by atoms with Gasteiger partial charge in [-0.1, -0.05) is 81.6 Å². The first-order valence-electron chi connectivity index (χ1n) is 9.82. The van der Waals surface area contributed by atoms with E-state index in [1.807, 2.05) is 0 Å². The van der Waals surface area contributed by atoms with E-state index in [1.165, 1.54) is 82.6 Å². The van der Waals surface area contributed by atoms with E-state index in [4.69, 9.17) is 0 Å². The van der Waals surface area contributed by atoms with Crippen molar-refractivity contribution in [2.75, 3.05) is 0 Å². The van der Waals surface area contributed by atoms with Crippen molar-refractivity contribution in [3.63, 3.8) is 0 Å². The average Bonchev–Trinajstić information content (AvgIpc) is 3.29. The monoisotopic (exact) mass is 295 g/mol. The van der Waals surface area contributed by atoms with Gasteiger partial charge in [0.1, 0.15) is 0 Å². The number of benzene rings is 1. The molecule has 0 saturated heterocycles.